The van der Waals surface area contributed by atoms with Crippen LogP contribution in [0.1, 0.15) is 58.9 Å². The summed E-state index contributed by atoms with van der Waals surface area (Å²) in [6.45, 7) is 6.72. The zero-order chi connectivity index (χ0) is 20.2. The van der Waals surface area contributed by atoms with Gasteiger partial charge in [0.25, 0.3) is 5.91 Å². The number of esters is 1. The molecule has 27 heavy (non-hydrogen) atoms. The van der Waals surface area contributed by atoms with Gasteiger partial charge < -0.3 is 10.1 Å². The molecule has 1 atom stereocenters. The van der Waals surface area contributed by atoms with Crippen molar-refractivity contribution >= 4 is 17.9 Å². The lowest BCUT2D eigenvalue weighted by molar-refractivity contribution is -0.160. The molecule has 7 heteroatoms. The van der Waals surface area contributed by atoms with E-state index in [-0.39, 0.29) is 0 Å². The maximum Gasteiger partial charge on any atom is 0.321 e. The summed E-state index contributed by atoms with van der Waals surface area (Å²) in [6.07, 6.45) is 1.31. The molecule has 0 aromatic heterocycles. The molecule has 2 N–H and O–H groups in total. The van der Waals surface area contributed by atoms with Gasteiger partial charge in [0, 0.05) is 11.1 Å². The molecule has 6 nitrogen and oxygen atoms in total. The average Bonchev–Trinajstić information content (AvgIpc) is 3.04. The zero-order valence-corrected chi connectivity index (χ0v) is 16.2. The summed E-state index contributed by atoms with van der Waals surface area (Å²) in [7, 11) is 0. The lowest BCUT2D eigenvalue weighted by Gasteiger charge is -2.29. The van der Waals surface area contributed by atoms with Gasteiger partial charge in [-0.25, -0.2) is 9.18 Å². The molecule has 2 rings (SSSR count). The average molecular weight is 378 g/mol. The van der Waals surface area contributed by atoms with Gasteiger partial charge in [-0.3, -0.25) is 14.9 Å². The van der Waals surface area contributed by atoms with E-state index >= 15 is 0 Å². The highest BCUT2D eigenvalue weighted by molar-refractivity contribution is 5.97. The van der Waals surface area contributed by atoms with Gasteiger partial charge in [-0.1, -0.05) is 31.0 Å². The molecule has 0 heterocycles. The minimum absolute atomic E-state index is 0.297. The molecule has 1 aliphatic carbocycles. The van der Waals surface area contributed by atoms with Crippen LogP contribution in [0.3, 0.4) is 0 Å². The number of carbonyl (C=O) groups excluding carboxylic acids is 3. The lowest BCUT2D eigenvalue weighted by Crippen LogP contribution is -2.51. The molecule has 1 saturated carbocycles. The highest BCUT2D eigenvalue weighted by Crippen LogP contribution is 2.43. The predicted molar refractivity (Wildman–Crippen MR) is 98.5 cm³/mol. The molecule has 1 aromatic rings. The Hall–Kier alpha value is -2.44. The lowest BCUT2D eigenvalue weighted by atomic mass is 9.78. The SMILES string of the molecule is C[C@@H](OC(=O)C1(c2ccccc2F)CCCC1)C(=O)NC(=O)NC(C)(C)C. The van der Waals surface area contributed by atoms with Gasteiger partial charge in [0.2, 0.25) is 0 Å². The van der Waals surface area contributed by atoms with Crippen molar-refractivity contribution in [2.45, 2.75) is 70.4 Å². The van der Waals surface area contributed by atoms with Gasteiger partial charge in [-0.2, -0.15) is 0 Å². The Bertz CT molecular complexity index is 721. The summed E-state index contributed by atoms with van der Waals surface area (Å²) in [5, 5.41) is 4.75. The number of rotatable bonds is 4. The summed E-state index contributed by atoms with van der Waals surface area (Å²) < 4.78 is 19.7. The van der Waals surface area contributed by atoms with Crippen LogP contribution in [-0.4, -0.2) is 29.6 Å². The van der Waals surface area contributed by atoms with Gasteiger partial charge >= 0.3 is 12.0 Å². The van der Waals surface area contributed by atoms with Crippen molar-refractivity contribution in [2.75, 3.05) is 0 Å². The summed E-state index contributed by atoms with van der Waals surface area (Å²) in [6, 6.07) is 5.48. The Kier molecular flexibility index (Phi) is 6.23. The molecular formula is C20H27FN2O4. The van der Waals surface area contributed by atoms with E-state index in [0.29, 0.717) is 18.4 Å². The molecule has 3 amide bonds. The van der Waals surface area contributed by atoms with Crippen LogP contribution in [0.2, 0.25) is 0 Å². The maximum absolute atomic E-state index is 14.3. The van der Waals surface area contributed by atoms with Gasteiger partial charge in [0.05, 0.1) is 5.41 Å². The number of carbonyl (C=O) groups is 3. The number of hydrogen-bond donors (Lipinski definition) is 2. The van der Waals surface area contributed by atoms with Crippen molar-refractivity contribution in [3.05, 3.63) is 35.6 Å². The normalized spacial score (nSPS) is 17.1. The minimum atomic E-state index is -1.17. The summed E-state index contributed by atoms with van der Waals surface area (Å²) in [5.74, 6) is -1.83. The molecule has 0 radical (unpaired) electrons. The molecule has 0 spiro atoms. The Morgan fingerprint density at radius 1 is 1.15 bits per heavy atom. The Morgan fingerprint density at radius 2 is 1.74 bits per heavy atom. The molecule has 0 unspecified atom stereocenters. The fourth-order valence-electron chi connectivity index (χ4n) is 3.32. The number of benzene rings is 1. The van der Waals surface area contributed by atoms with E-state index in [2.05, 4.69) is 10.6 Å². The van der Waals surface area contributed by atoms with Crippen molar-refractivity contribution in [1.82, 2.24) is 10.6 Å². The van der Waals surface area contributed by atoms with Crippen LogP contribution in [0.15, 0.2) is 24.3 Å². The molecule has 0 bridgehead atoms. The van der Waals surface area contributed by atoms with Crippen molar-refractivity contribution < 1.29 is 23.5 Å². The summed E-state index contributed by atoms with van der Waals surface area (Å²) >= 11 is 0. The standard InChI is InChI=1S/C20H27FN2O4/c1-13(16(24)22-18(26)23-19(2,3)4)27-17(25)20(11-7-8-12-20)14-9-5-6-10-15(14)21/h5-6,9-10,13H,7-8,11-12H2,1-4H3,(H2,22,23,24,26)/t13-/m1/s1. The number of imide groups is 1. The monoisotopic (exact) mass is 378 g/mol. The fraction of sp³-hybridized carbons (Fsp3) is 0.550. The third kappa shape index (κ3) is 5.05. The maximum atomic E-state index is 14.3. The van der Waals surface area contributed by atoms with Crippen molar-refractivity contribution in [2.24, 2.45) is 0 Å². The van der Waals surface area contributed by atoms with E-state index < -0.39 is 40.8 Å². The first-order valence-corrected chi connectivity index (χ1v) is 9.14. The second-order valence-corrected chi connectivity index (χ2v) is 8.01. The van der Waals surface area contributed by atoms with Gasteiger partial charge in [0.1, 0.15) is 5.82 Å². The molecule has 1 aliphatic rings. The second-order valence-electron chi connectivity index (χ2n) is 8.01. The van der Waals surface area contributed by atoms with Crippen LogP contribution in [0.5, 0.6) is 0 Å². The van der Waals surface area contributed by atoms with E-state index in [9.17, 15) is 18.8 Å². The Balaban J connectivity index is 2.09. The third-order valence-corrected chi connectivity index (χ3v) is 4.62. The van der Waals surface area contributed by atoms with Crippen molar-refractivity contribution in [1.29, 1.82) is 0 Å². The second kappa shape index (κ2) is 8.06. The molecule has 1 fully saturated rings. The van der Waals surface area contributed by atoms with Crippen LogP contribution in [0, 0.1) is 5.82 Å². The first-order chi connectivity index (χ1) is 12.5. The van der Waals surface area contributed by atoms with E-state index in [4.69, 9.17) is 4.74 Å². The smallest absolute Gasteiger partial charge is 0.321 e. The number of nitrogens with one attached hydrogen (secondary N) is 2. The first kappa shape index (κ1) is 20.9. The van der Waals surface area contributed by atoms with E-state index in [1.165, 1.54) is 13.0 Å². The minimum Gasteiger partial charge on any atom is -0.452 e. The molecular weight excluding hydrogens is 351 g/mol. The highest BCUT2D eigenvalue weighted by atomic mass is 19.1. The van der Waals surface area contributed by atoms with Crippen LogP contribution in [0.25, 0.3) is 0 Å². The molecule has 148 valence electrons. The zero-order valence-electron chi connectivity index (χ0n) is 16.2. The number of ether oxygens (including phenoxy) is 1. The quantitative estimate of drug-likeness (QED) is 0.788. The Labute approximate surface area is 158 Å². The fourth-order valence-corrected chi connectivity index (χ4v) is 3.32. The van der Waals surface area contributed by atoms with Gasteiger partial charge in [0.15, 0.2) is 6.10 Å². The van der Waals surface area contributed by atoms with Crippen LogP contribution in [-0.2, 0) is 19.7 Å². The topological polar surface area (TPSA) is 84.5 Å². The molecule has 1 aromatic carbocycles. The third-order valence-electron chi connectivity index (χ3n) is 4.62. The predicted octanol–water partition coefficient (Wildman–Crippen LogP) is 3.19. The number of urea groups is 1. The molecule has 0 saturated heterocycles. The van der Waals surface area contributed by atoms with Crippen molar-refractivity contribution in [3.8, 4) is 0 Å². The largest absolute Gasteiger partial charge is 0.452 e. The molecule has 0 aliphatic heterocycles. The van der Waals surface area contributed by atoms with Gasteiger partial charge in [-0.15, -0.1) is 0 Å². The first-order valence-electron chi connectivity index (χ1n) is 9.14. The van der Waals surface area contributed by atoms with E-state index in [0.717, 1.165) is 12.8 Å². The van der Waals surface area contributed by atoms with Crippen LogP contribution < -0.4 is 10.6 Å². The highest BCUT2D eigenvalue weighted by Gasteiger charge is 2.46. The Morgan fingerprint density at radius 3 is 2.30 bits per heavy atom. The summed E-state index contributed by atoms with van der Waals surface area (Å²) in [4.78, 5) is 36.9. The van der Waals surface area contributed by atoms with Crippen LogP contribution in [0.4, 0.5) is 9.18 Å². The van der Waals surface area contributed by atoms with E-state index in [1.807, 2.05) is 0 Å². The van der Waals surface area contributed by atoms with E-state index in [1.54, 1.807) is 39.0 Å². The van der Waals surface area contributed by atoms with Crippen molar-refractivity contribution in [3.63, 3.8) is 0 Å². The van der Waals surface area contributed by atoms with Crippen LogP contribution >= 0.6 is 0 Å². The number of halogens is 1. The van der Waals surface area contributed by atoms with Gasteiger partial charge in [-0.05, 0) is 46.6 Å². The number of hydrogen-bond acceptors (Lipinski definition) is 4. The number of amides is 3. The summed E-state index contributed by atoms with van der Waals surface area (Å²) in [5.41, 5.74) is -1.30.